The first kappa shape index (κ1) is 10.1. The van der Waals surface area contributed by atoms with Crippen LogP contribution in [0.15, 0.2) is 12.5 Å². The van der Waals surface area contributed by atoms with E-state index in [2.05, 4.69) is 23.8 Å². The number of aromatic nitrogens is 2. The molecule has 1 heterocycles. The lowest BCUT2D eigenvalue weighted by Gasteiger charge is -2.25. The van der Waals surface area contributed by atoms with Gasteiger partial charge in [-0.2, -0.15) is 0 Å². The van der Waals surface area contributed by atoms with Crippen LogP contribution < -0.4 is 5.73 Å². The van der Waals surface area contributed by atoms with E-state index in [1.807, 2.05) is 13.1 Å². The summed E-state index contributed by atoms with van der Waals surface area (Å²) >= 11 is 0. The maximum absolute atomic E-state index is 5.56. The number of hydrogen-bond donors (Lipinski definition) is 1. The molecule has 2 N–H and O–H groups in total. The summed E-state index contributed by atoms with van der Waals surface area (Å²) in [6.07, 6.45) is 4.43. The van der Waals surface area contributed by atoms with Gasteiger partial charge < -0.3 is 5.73 Å². The van der Waals surface area contributed by atoms with Gasteiger partial charge in [0.15, 0.2) is 0 Å². The zero-order chi connectivity index (χ0) is 9.90. The third-order valence-corrected chi connectivity index (χ3v) is 2.41. The molecule has 13 heavy (non-hydrogen) atoms. The second-order valence-electron chi connectivity index (χ2n) is 3.94. The number of aryl methyl sites for hydroxylation is 1. The van der Waals surface area contributed by atoms with Gasteiger partial charge in [0.05, 0.1) is 0 Å². The lowest BCUT2D eigenvalue weighted by molar-refractivity contribution is 0.480. The van der Waals surface area contributed by atoms with Crippen LogP contribution >= 0.6 is 0 Å². The lowest BCUT2D eigenvalue weighted by Crippen LogP contribution is -2.23. The van der Waals surface area contributed by atoms with Crippen molar-refractivity contribution in [2.24, 2.45) is 5.73 Å². The van der Waals surface area contributed by atoms with Gasteiger partial charge in [-0.1, -0.05) is 13.8 Å². The van der Waals surface area contributed by atoms with Gasteiger partial charge in [-0.05, 0) is 30.9 Å². The third kappa shape index (κ3) is 2.25. The van der Waals surface area contributed by atoms with Crippen molar-refractivity contribution in [3.8, 4) is 0 Å². The summed E-state index contributed by atoms with van der Waals surface area (Å²) in [4.78, 5) is 8.22. The molecule has 0 saturated carbocycles. The standard InChI is InChI=1S/C10H17N3/c1-8-9(6-12-7-13-8)10(2,3)4-5-11/h6-7H,4-5,11H2,1-3H3. The van der Waals surface area contributed by atoms with Gasteiger partial charge in [-0.15, -0.1) is 0 Å². The summed E-state index contributed by atoms with van der Waals surface area (Å²) in [7, 11) is 0. The van der Waals surface area contributed by atoms with Crippen LogP contribution in [0.5, 0.6) is 0 Å². The van der Waals surface area contributed by atoms with E-state index in [0.717, 1.165) is 12.1 Å². The molecule has 72 valence electrons. The average molecular weight is 179 g/mol. The molecule has 0 atom stereocenters. The maximum atomic E-state index is 5.56. The van der Waals surface area contributed by atoms with E-state index in [1.54, 1.807) is 6.33 Å². The minimum absolute atomic E-state index is 0.0834. The van der Waals surface area contributed by atoms with Gasteiger partial charge >= 0.3 is 0 Å². The fraction of sp³-hybridized carbons (Fsp3) is 0.600. The van der Waals surface area contributed by atoms with E-state index >= 15 is 0 Å². The van der Waals surface area contributed by atoms with E-state index in [9.17, 15) is 0 Å². The molecule has 0 radical (unpaired) electrons. The molecule has 0 bridgehead atoms. The fourth-order valence-electron chi connectivity index (χ4n) is 1.55. The van der Waals surface area contributed by atoms with Crippen LogP contribution in [0.1, 0.15) is 31.5 Å². The molecule has 3 heteroatoms. The van der Waals surface area contributed by atoms with Crippen LogP contribution in [-0.4, -0.2) is 16.5 Å². The first-order valence-electron chi connectivity index (χ1n) is 4.55. The highest BCUT2D eigenvalue weighted by Gasteiger charge is 2.22. The van der Waals surface area contributed by atoms with Gasteiger partial charge in [-0.3, -0.25) is 0 Å². The number of nitrogens with two attached hydrogens (primary N) is 1. The van der Waals surface area contributed by atoms with E-state index < -0.39 is 0 Å². The van der Waals surface area contributed by atoms with Crippen molar-refractivity contribution in [3.63, 3.8) is 0 Å². The summed E-state index contributed by atoms with van der Waals surface area (Å²) < 4.78 is 0. The first-order valence-corrected chi connectivity index (χ1v) is 4.55. The molecule has 0 aliphatic rings. The summed E-state index contributed by atoms with van der Waals surface area (Å²) in [5.41, 5.74) is 7.89. The Hall–Kier alpha value is -0.960. The van der Waals surface area contributed by atoms with Crippen molar-refractivity contribution in [1.82, 2.24) is 9.97 Å². The normalized spacial score (nSPS) is 11.7. The van der Waals surface area contributed by atoms with Crippen molar-refractivity contribution in [3.05, 3.63) is 23.8 Å². The molecule has 0 aromatic carbocycles. The van der Waals surface area contributed by atoms with Crippen molar-refractivity contribution >= 4 is 0 Å². The molecular weight excluding hydrogens is 162 g/mol. The monoisotopic (exact) mass is 179 g/mol. The molecule has 0 amide bonds. The minimum Gasteiger partial charge on any atom is -0.330 e. The van der Waals surface area contributed by atoms with Crippen LogP contribution in [0.3, 0.4) is 0 Å². The molecule has 0 spiro atoms. The van der Waals surface area contributed by atoms with Gasteiger partial charge in [0.2, 0.25) is 0 Å². The molecule has 0 saturated heterocycles. The van der Waals surface area contributed by atoms with Crippen LogP contribution in [0.2, 0.25) is 0 Å². The maximum Gasteiger partial charge on any atom is 0.115 e. The molecule has 3 nitrogen and oxygen atoms in total. The van der Waals surface area contributed by atoms with Crippen LogP contribution in [0.4, 0.5) is 0 Å². The zero-order valence-corrected chi connectivity index (χ0v) is 8.54. The van der Waals surface area contributed by atoms with Gasteiger partial charge in [0, 0.05) is 11.9 Å². The van der Waals surface area contributed by atoms with E-state index in [4.69, 9.17) is 5.73 Å². The topological polar surface area (TPSA) is 51.8 Å². The van der Waals surface area contributed by atoms with Crippen molar-refractivity contribution in [2.45, 2.75) is 32.6 Å². The minimum atomic E-state index is 0.0834. The third-order valence-electron chi connectivity index (χ3n) is 2.41. The first-order chi connectivity index (χ1) is 6.08. The second kappa shape index (κ2) is 3.83. The molecule has 1 rings (SSSR count). The summed E-state index contributed by atoms with van der Waals surface area (Å²) in [5.74, 6) is 0. The highest BCUT2D eigenvalue weighted by Crippen LogP contribution is 2.27. The molecule has 0 aliphatic heterocycles. The van der Waals surface area contributed by atoms with Crippen molar-refractivity contribution in [2.75, 3.05) is 6.54 Å². The number of hydrogen-bond acceptors (Lipinski definition) is 3. The predicted molar refractivity (Wildman–Crippen MR) is 53.5 cm³/mol. The van der Waals surface area contributed by atoms with Crippen LogP contribution in [0, 0.1) is 6.92 Å². The Balaban J connectivity index is 2.99. The van der Waals surface area contributed by atoms with Gasteiger partial charge in [0.1, 0.15) is 6.33 Å². The number of rotatable bonds is 3. The Morgan fingerprint density at radius 1 is 1.46 bits per heavy atom. The van der Waals surface area contributed by atoms with Gasteiger partial charge in [0.25, 0.3) is 0 Å². The Morgan fingerprint density at radius 3 is 2.69 bits per heavy atom. The van der Waals surface area contributed by atoms with E-state index in [-0.39, 0.29) is 5.41 Å². The largest absolute Gasteiger partial charge is 0.330 e. The average Bonchev–Trinajstić information content (AvgIpc) is 2.04. The number of nitrogens with zero attached hydrogens (tertiary/aromatic N) is 2. The SMILES string of the molecule is Cc1ncncc1C(C)(C)CCN. The zero-order valence-electron chi connectivity index (χ0n) is 8.54. The summed E-state index contributed by atoms with van der Waals surface area (Å²) in [5, 5.41) is 0. The molecule has 0 unspecified atom stereocenters. The fourth-order valence-corrected chi connectivity index (χ4v) is 1.55. The summed E-state index contributed by atoms with van der Waals surface area (Å²) in [6, 6.07) is 0. The van der Waals surface area contributed by atoms with Crippen LogP contribution in [-0.2, 0) is 5.41 Å². The smallest absolute Gasteiger partial charge is 0.115 e. The van der Waals surface area contributed by atoms with Crippen molar-refractivity contribution < 1.29 is 0 Å². The molecule has 1 aromatic rings. The van der Waals surface area contributed by atoms with E-state index in [0.29, 0.717) is 6.54 Å². The Kier molecular flexibility index (Phi) is 2.98. The molecule has 0 fully saturated rings. The Morgan fingerprint density at radius 2 is 2.15 bits per heavy atom. The quantitative estimate of drug-likeness (QED) is 0.763. The predicted octanol–water partition coefficient (Wildman–Crippen LogP) is 1.41. The lowest BCUT2D eigenvalue weighted by atomic mass is 9.81. The van der Waals surface area contributed by atoms with Crippen LogP contribution in [0.25, 0.3) is 0 Å². The van der Waals surface area contributed by atoms with E-state index in [1.165, 1.54) is 5.56 Å². The van der Waals surface area contributed by atoms with Crippen molar-refractivity contribution in [1.29, 1.82) is 0 Å². The second-order valence-corrected chi connectivity index (χ2v) is 3.94. The van der Waals surface area contributed by atoms with Gasteiger partial charge in [-0.25, -0.2) is 9.97 Å². The molecular formula is C10H17N3. The Labute approximate surface area is 79.4 Å². The molecule has 0 aliphatic carbocycles. The summed E-state index contributed by atoms with van der Waals surface area (Å²) in [6.45, 7) is 7.05. The highest BCUT2D eigenvalue weighted by atomic mass is 14.8. The highest BCUT2D eigenvalue weighted by molar-refractivity contribution is 5.23. The molecule has 1 aromatic heterocycles. The Bertz CT molecular complexity index is 281.